The maximum atomic E-state index is 6.22. The molecule has 32 heavy (non-hydrogen) atoms. The van der Waals surface area contributed by atoms with Gasteiger partial charge in [0.05, 0.1) is 0 Å². The minimum Gasteiger partial charge on any atom is -0.212 e. The van der Waals surface area contributed by atoms with Crippen LogP contribution in [0.4, 0.5) is 0 Å². The first-order chi connectivity index (χ1) is 15.8. The SMILES string of the molecule is Clc1nc(-c2ccc(C3=CC=CC(c4ccccc4)C=C3)cc2)nc(C2C=CC=CC2)n1. The van der Waals surface area contributed by atoms with E-state index in [4.69, 9.17) is 16.6 Å². The van der Waals surface area contributed by atoms with E-state index in [0.29, 0.717) is 11.6 Å². The molecular weight excluding hydrogens is 414 g/mol. The number of benzene rings is 2. The molecule has 1 heterocycles. The molecule has 0 fully saturated rings. The average molecular weight is 436 g/mol. The molecule has 2 unspecified atom stereocenters. The van der Waals surface area contributed by atoms with Crippen molar-refractivity contribution in [2.24, 2.45) is 0 Å². The predicted octanol–water partition coefficient (Wildman–Crippen LogP) is 7.08. The van der Waals surface area contributed by atoms with Crippen molar-refractivity contribution in [3.05, 3.63) is 132 Å². The van der Waals surface area contributed by atoms with Crippen molar-refractivity contribution >= 4 is 17.2 Å². The van der Waals surface area contributed by atoms with Gasteiger partial charge in [0.15, 0.2) is 5.82 Å². The van der Waals surface area contributed by atoms with Gasteiger partial charge in [-0.1, -0.05) is 109 Å². The summed E-state index contributed by atoms with van der Waals surface area (Å²) in [5.41, 5.74) is 4.52. The fraction of sp³-hybridized carbons (Fsp3) is 0.107. The minimum atomic E-state index is 0.129. The molecule has 4 heteroatoms. The Balaban J connectivity index is 1.37. The molecule has 2 atom stereocenters. The third kappa shape index (κ3) is 4.53. The number of allylic oxidation sites excluding steroid dienone is 10. The van der Waals surface area contributed by atoms with Crippen LogP contribution in [0.15, 0.2) is 109 Å². The fourth-order valence-electron chi connectivity index (χ4n) is 3.94. The van der Waals surface area contributed by atoms with Crippen LogP contribution >= 0.6 is 11.6 Å². The predicted molar refractivity (Wildman–Crippen MR) is 131 cm³/mol. The second kappa shape index (κ2) is 9.29. The first-order valence-electron chi connectivity index (χ1n) is 10.7. The lowest BCUT2D eigenvalue weighted by atomic mass is 9.98. The van der Waals surface area contributed by atoms with Crippen LogP contribution in [0.5, 0.6) is 0 Å². The second-order valence-corrected chi connectivity index (χ2v) is 8.16. The van der Waals surface area contributed by atoms with Crippen LogP contribution in [0, 0.1) is 0 Å². The Hall–Kier alpha value is -3.56. The highest BCUT2D eigenvalue weighted by atomic mass is 35.5. The molecular formula is C28H22ClN3. The molecule has 2 aromatic carbocycles. The van der Waals surface area contributed by atoms with Crippen molar-refractivity contribution in [2.45, 2.75) is 18.3 Å². The summed E-state index contributed by atoms with van der Waals surface area (Å²) in [6.07, 6.45) is 20.1. The lowest BCUT2D eigenvalue weighted by molar-refractivity contribution is 0.761. The van der Waals surface area contributed by atoms with E-state index in [9.17, 15) is 0 Å². The third-order valence-corrected chi connectivity index (χ3v) is 5.84. The highest BCUT2D eigenvalue weighted by molar-refractivity contribution is 6.28. The molecule has 3 aromatic rings. The first kappa shape index (κ1) is 20.3. The van der Waals surface area contributed by atoms with Crippen molar-refractivity contribution in [1.29, 1.82) is 0 Å². The monoisotopic (exact) mass is 435 g/mol. The van der Waals surface area contributed by atoms with Crippen LogP contribution in [-0.4, -0.2) is 15.0 Å². The number of aromatic nitrogens is 3. The van der Waals surface area contributed by atoms with Gasteiger partial charge < -0.3 is 0 Å². The summed E-state index contributed by atoms with van der Waals surface area (Å²) < 4.78 is 0. The van der Waals surface area contributed by atoms with Gasteiger partial charge in [-0.05, 0) is 34.7 Å². The van der Waals surface area contributed by atoms with E-state index < -0.39 is 0 Å². The van der Waals surface area contributed by atoms with Crippen LogP contribution in [0.1, 0.15) is 35.2 Å². The molecule has 0 aliphatic heterocycles. The highest BCUT2D eigenvalue weighted by Crippen LogP contribution is 2.28. The Kier molecular flexibility index (Phi) is 5.91. The lowest BCUT2D eigenvalue weighted by Gasteiger charge is -2.12. The fourth-order valence-corrected chi connectivity index (χ4v) is 4.11. The number of halogens is 1. The summed E-state index contributed by atoms with van der Waals surface area (Å²) in [6, 6.07) is 18.8. The molecule has 2 aliphatic rings. The summed E-state index contributed by atoms with van der Waals surface area (Å²) in [5.74, 6) is 1.71. The van der Waals surface area contributed by atoms with E-state index in [0.717, 1.165) is 17.5 Å². The van der Waals surface area contributed by atoms with Gasteiger partial charge in [0.25, 0.3) is 0 Å². The van der Waals surface area contributed by atoms with Gasteiger partial charge in [-0.15, -0.1) is 0 Å². The van der Waals surface area contributed by atoms with Crippen LogP contribution in [0.25, 0.3) is 17.0 Å². The largest absolute Gasteiger partial charge is 0.226 e. The summed E-state index contributed by atoms with van der Waals surface area (Å²) in [5, 5.41) is 0.225. The molecule has 0 bridgehead atoms. The molecule has 0 saturated heterocycles. The molecule has 1 aromatic heterocycles. The van der Waals surface area contributed by atoms with Crippen LogP contribution in [0.2, 0.25) is 5.28 Å². The topological polar surface area (TPSA) is 38.7 Å². The van der Waals surface area contributed by atoms with E-state index in [-0.39, 0.29) is 17.1 Å². The Morgan fingerprint density at radius 1 is 0.750 bits per heavy atom. The number of nitrogens with zero attached hydrogens (tertiary/aromatic N) is 3. The van der Waals surface area contributed by atoms with Gasteiger partial charge in [-0.3, -0.25) is 0 Å². The van der Waals surface area contributed by atoms with Crippen molar-refractivity contribution in [2.75, 3.05) is 0 Å². The zero-order chi connectivity index (χ0) is 21.8. The quantitative estimate of drug-likeness (QED) is 0.439. The van der Waals surface area contributed by atoms with E-state index >= 15 is 0 Å². The number of hydrogen-bond acceptors (Lipinski definition) is 3. The van der Waals surface area contributed by atoms with Crippen molar-refractivity contribution in [3.63, 3.8) is 0 Å². The Morgan fingerprint density at radius 3 is 2.34 bits per heavy atom. The van der Waals surface area contributed by atoms with E-state index in [1.165, 1.54) is 11.1 Å². The normalized spacial score (nSPS) is 19.6. The molecule has 0 spiro atoms. The van der Waals surface area contributed by atoms with Gasteiger partial charge in [-0.2, -0.15) is 4.98 Å². The molecule has 156 valence electrons. The summed E-state index contributed by atoms with van der Waals surface area (Å²) in [4.78, 5) is 13.4. The highest BCUT2D eigenvalue weighted by Gasteiger charge is 2.16. The molecule has 0 radical (unpaired) electrons. The van der Waals surface area contributed by atoms with Crippen LogP contribution in [0.3, 0.4) is 0 Å². The standard InChI is InChI=1S/C28H22ClN3/c29-28-31-26(24-10-5-2-6-11-24)30-27(32-28)25-18-16-23(17-19-25)22-13-7-12-21(14-15-22)20-8-3-1-4-9-20/h1-10,12-19,21,24H,11H2. The lowest BCUT2D eigenvalue weighted by Crippen LogP contribution is -2.06. The molecule has 2 aliphatic carbocycles. The number of hydrogen-bond donors (Lipinski definition) is 0. The summed E-state index contributed by atoms with van der Waals surface area (Å²) in [6.45, 7) is 0. The maximum Gasteiger partial charge on any atom is 0.226 e. The van der Waals surface area contributed by atoms with Gasteiger partial charge in [0.1, 0.15) is 5.82 Å². The zero-order valence-corrected chi connectivity index (χ0v) is 18.2. The smallest absolute Gasteiger partial charge is 0.212 e. The van der Waals surface area contributed by atoms with Crippen LogP contribution in [-0.2, 0) is 0 Å². The van der Waals surface area contributed by atoms with Crippen molar-refractivity contribution < 1.29 is 0 Å². The van der Waals surface area contributed by atoms with Gasteiger partial charge >= 0.3 is 0 Å². The Bertz CT molecular complexity index is 1250. The summed E-state index contributed by atoms with van der Waals surface area (Å²) >= 11 is 6.22. The zero-order valence-electron chi connectivity index (χ0n) is 17.5. The van der Waals surface area contributed by atoms with E-state index in [1.54, 1.807) is 0 Å². The van der Waals surface area contributed by atoms with Crippen molar-refractivity contribution in [3.8, 4) is 11.4 Å². The minimum absolute atomic E-state index is 0.129. The molecule has 3 nitrogen and oxygen atoms in total. The molecule has 5 rings (SSSR count). The molecule has 0 saturated carbocycles. The molecule has 0 amide bonds. The van der Waals surface area contributed by atoms with E-state index in [1.807, 2.05) is 30.4 Å². The Labute approximate surface area is 193 Å². The Morgan fingerprint density at radius 2 is 1.56 bits per heavy atom. The average Bonchev–Trinajstić information content (AvgIpc) is 3.11. The summed E-state index contributed by atoms with van der Waals surface area (Å²) in [7, 11) is 0. The van der Waals surface area contributed by atoms with Gasteiger partial charge in [-0.25, -0.2) is 9.97 Å². The van der Waals surface area contributed by atoms with E-state index in [2.05, 4.69) is 88.9 Å². The second-order valence-electron chi connectivity index (χ2n) is 7.82. The van der Waals surface area contributed by atoms with Crippen LogP contribution < -0.4 is 0 Å². The van der Waals surface area contributed by atoms with Crippen molar-refractivity contribution in [1.82, 2.24) is 15.0 Å². The maximum absolute atomic E-state index is 6.22. The number of rotatable bonds is 4. The van der Waals surface area contributed by atoms with Gasteiger partial charge in [0, 0.05) is 17.4 Å². The first-order valence-corrected chi connectivity index (χ1v) is 11.1. The molecule has 0 N–H and O–H groups in total. The third-order valence-electron chi connectivity index (χ3n) is 5.68. The van der Waals surface area contributed by atoms with Gasteiger partial charge in [0.2, 0.25) is 5.28 Å².